The summed E-state index contributed by atoms with van der Waals surface area (Å²) in [6.45, 7) is 3.72. The molecule has 118 valence electrons. The lowest BCUT2D eigenvalue weighted by atomic mass is 9.86. The van der Waals surface area contributed by atoms with Gasteiger partial charge < -0.3 is 14.4 Å². The van der Waals surface area contributed by atoms with E-state index in [2.05, 4.69) is 0 Å². The highest BCUT2D eigenvalue weighted by Crippen LogP contribution is 2.32. The molecule has 0 saturated carbocycles. The van der Waals surface area contributed by atoms with Gasteiger partial charge in [-0.25, -0.2) is 4.39 Å². The first-order chi connectivity index (χ1) is 9.22. The average Bonchev–Trinajstić information content (AvgIpc) is 2.24. The summed E-state index contributed by atoms with van der Waals surface area (Å²) in [7, 11) is 3.83. The molecule has 0 spiro atoms. The van der Waals surface area contributed by atoms with Gasteiger partial charge in [0, 0.05) is 12.1 Å². The van der Waals surface area contributed by atoms with Crippen molar-refractivity contribution in [3.63, 3.8) is 0 Å². The Labute approximate surface area is 118 Å². The molecule has 0 aromatic rings. The van der Waals surface area contributed by atoms with Crippen LogP contribution >= 0.6 is 0 Å². The van der Waals surface area contributed by atoms with Crippen LogP contribution in [0.3, 0.4) is 0 Å². The van der Waals surface area contributed by atoms with Gasteiger partial charge in [-0.15, -0.1) is 0 Å². The number of hydrogen-bond donors (Lipinski definition) is 0. The summed E-state index contributed by atoms with van der Waals surface area (Å²) in [6.07, 6.45) is -0.0232. The van der Waals surface area contributed by atoms with Crippen molar-refractivity contribution in [2.45, 2.75) is 26.2 Å². The molecular formula is C14H24F3NO2. The largest absolute Gasteiger partial charge is 0.380 e. The van der Waals surface area contributed by atoms with Crippen LogP contribution in [0.25, 0.3) is 0 Å². The fraction of sp³-hybridized carbons (Fsp3) is 0.857. The van der Waals surface area contributed by atoms with Crippen LogP contribution in [-0.4, -0.2) is 57.9 Å². The zero-order chi connectivity index (χ0) is 15.4. The van der Waals surface area contributed by atoms with Crippen molar-refractivity contribution >= 4 is 0 Å². The van der Waals surface area contributed by atoms with E-state index in [1.54, 1.807) is 0 Å². The van der Waals surface area contributed by atoms with E-state index in [4.69, 9.17) is 9.47 Å². The first kappa shape index (κ1) is 17.5. The third-order valence-corrected chi connectivity index (χ3v) is 3.37. The molecule has 1 aliphatic rings. The molecule has 20 heavy (non-hydrogen) atoms. The third-order valence-electron chi connectivity index (χ3n) is 3.37. The molecule has 0 atom stereocenters. The maximum Gasteiger partial charge on any atom is 0.294 e. The van der Waals surface area contributed by atoms with Crippen molar-refractivity contribution in [3.8, 4) is 0 Å². The molecule has 6 heteroatoms. The standard InChI is InChI=1S/C14H24F3NO2/c1-5-12(11(2)15)14(16,17)10-20-9-13(6-18(3)4)7-19-8-13/h5-10H2,1-4H3/b12-11+. The van der Waals surface area contributed by atoms with E-state index in [1.807, 2.05) is 19.0 Å². The number of rotatable bonds is 8. The third kappa shape index (κ3) is 4.46. The Hall–Kier alpha value is -0.590. The molecule has 1 rings (SSSR count). The second-order valence-corrected chi connectivity index (χ2v) is 5.79. The molecule has 1 fully saturated rings. The van der Waals surface area contributed by atoms with Gasteiger partial charge >= 0.3 is 0 Å². The summed E-state index contributed by atoms with van der Waals surface area (Å²) < 4.78 is 51.1. The highest BCUT2D eigenvalue weighted by atomic mass is 19.3. The molecule has 1 saturated heterocycles. The first-order valence-corrected chi connectivity index (χ1v) is 6.76. The summed E-state index contributed by atoms with van der Waals surface area (Å²) in [6, 6.07) is 0. The predicted octanol–water partition coefficient (Wildman–Crippen LogP) is 2.87. The van der Waals surface area contributed by atoms with E-state index >= 15 is 0 Å². The Morgan fingerprint density at radius 3 is 2.30 bits per heavy atom. The predicted molar refractivity (Wildman–Crippen MR) is 71.7 cm³/mol. The number of halogens is 3. The molecule has 0 radical (unpaired) electrons. The molecule has 3 nitrogen and oxygen atoms in total. The first-order valence-electron chi connectivity index (χ1n) is 6.76. The number of nitrogens with zero attached hydrogens (tertiary/aromatic N) is 1. The van der Waals surface area contributed by atoms with E-state index in [0.29, 0.717) is 13.2 Å². The van der Waals surface area contributed by atoms with Crippen molar-refractivity contribution in [3.05, 3.63) is 11.4 Å². The van der Waals surface area contributed by atoms with E-state index in [0.717, 1.165) is 13.5 Å². The van der Waals surface area contributed by atoms with Gasteiger partial charge in [-0.2, -0.15) is 8.78 Å². The lowest BCUT2D eigenvalue weighted by molar-refractivity contribution is -0.169. The zero-order valence-corrected chi connectivity index (χ0v) is 12.6. The van der Waals surface area contributed by atoms with Gasteiger partial charge in [0.1, 0.15) is 12.4 Å². The maximum absolute atomic E-state index is 13.8. The van der Waals surface area contributed by atoms with Crippen molar-refractivity contribution in [1.29, 1.82) is 0 Å². The number of allylic oxidation sites excluding steroid dienone is 1. The van der Waals surface area contributed by atoms with Crippen LogP contribution in [-0.2, 0) is 9.47 Å². The lowest BCUT2D eigenvalue weighted by Crippen LogP contribution is -2.53. The minimum atomic E-state index is -3.25. The van der Waals surface area contributed by atoms with E-state index < -0.39 is 23.9 Å². The van der Waals surface area contributed by atoms with Gasteiger partial charge in [0.25, 0.3) is 5.92 Å². The summed E-state index contributed by atoms with van der Waals surface area (Å²) in [4.78, 5) is 1.98. The van der Waals surface area contributed by atoms with Gasteiger partial charge in [-0.1, -0.05) is 6.92 Å². The maximum atomic E-state index is 13.8. The van der Waals surface area contributed by atoms with Crippen LogP contribution < -0.4 is 0 Å². The Morgan fingerprint density at radius 2 is 1.95 bits per heavy atom. The number of alkyl halides is 2. The topological polar surface area (TPSA) is 21.7 Å². The van der Waals surface area contributed by atoms with Crippen molar-refractivity contribution < 1.29 is 22.6 Å². The van der Waals surface area contributed by atoms with Gasteiger partial charge in [-0.05, 0) is 27.4 Å². The normalized spacial score (nSPS) is 19.8. The van der Waals surface area contributed by atoms with Gasteiger partial charge in [0.15, 0.2) is 0 Å². The minimum Gasteiger partial charge on any atom is -0.380 e. The second-order valence-electron chi connectivity index (χ2n) is 5.79. The van der Waals surface area contributed by atoms with Crippen LogP contribution in [0.2, 0.25) is 0 Å². The SMILES string of the molecule is CC/C(=C(/C)F)C(F)(F)COCC1(CN(C)C)COC1. The van der Waals surface area contributed by atoms with E-state index in [1.165, 1.54) is 6.92 Å². The van der Waals surface area contributed by atoms with Crippen molar-refractivity contribution in [2.24, 2.45) is 5.41 Å². The average molecular weight is 295 g/mol. The van der Waals surface area contributed by atoms with Crippen molar-refractivity contribution in [1.82, 2.24) is 4.90 Å². The Kier molecular flexibility index (Phi) is 6.04. The highest BCUT2D eigenvalue weighted by molar-refractivity contribution is 5.15. The summed E-state index contributed by atoms with van der Waals surface area (Å²) in [5.74, 6) is -4.08. The monoisotopic (exact) mass is 295 g/mol. The van der Waals surface area contributed by atoms with Crippen LogP contribution in [0, 0.1) is 5.41 Å². The van der Waals surface area contributed by atoms with Crippen LogP contribution in [0.5, 0.6) is 0 Å². The Balaban J connectivity index is 2.52. The van der Waals surface area contributed by atoms with Gasteiger partial charge in [-0.3, -0.25) is 0 Å². The quantitative estimate of drug-likeness (QED) is 0.687. The molecule has 0 amide bonds. The Morgan fingerprint density at radius 1 is 1.35 bits per heavy atom. The van der Waals surface area contributed by atoms with Crippen LogP contribution in [0.15, 0.2) is 11.4 Å². The summed E-state index contributed by atoms with van der Waals surface area (Å²) >= 11 is 0. The molecule has 0 aromatic carbocycles. The molecule has 1 aliphatic heterocycles. The Bertz CT molecular complexity index is 348. The number of ether oxygens (including phenoxy) is 2. The molecule has 0 aromatic heterocycles. The van der Waals surface area contributed by atoms with Crippen LogP contribution in [0.4, 0.5) is 13.2 Å². The van der Waals surface area contributed by atoms with Crippen LogP contribution in [0.1, 0.15) is 20.3 Å². The fourth-order valence-corrected chi connectivity index (χ4v) is 2.52. The van der Waals surface area contributed by atoms with Gasteiger partial charge in [0.2, 0.25) is 0 Å². The molecule has 0 bridgehead atoms. The highest BCUT2D eigenvalue weighted by Gasteiger charge is 2.41. The molecular weight excluding hydrogens is 271 g/mol. The smallest absolute Gasteiger partial charge is 0.294 e. The number of hydrogen-bond acceptors (Lipinski definition) is 3. The fourth-order valence-electron chi connectivity index (χ4n) is 2.52. The molecule has 0 unspecified atom stereocenters. The van der Waals surface area contributed by atoms with Crippen molar-refractivity contribution in [2.75, 3.05) is 47.1 Å². The van der Waals surface area contributed by atoms with E-state index in [9.17, 15) is 13.2 Å². The zero-order valence-electron chi connectivity index (χ0n) is 12.6. The molecule has 1 heterocycles. The molecule has 0 aliphatic carbocycles. The van der Waals surface area contributed by atoms with Gasteiger partial charge in [0.05, 0.1) is 25.2 Å². The second kappa shape index (κ2) is 6.91. The summed E-state index contributed by atoms with van der Waals surface area (Å²) in [5, 5.41) is 0. The minimum absolute atomic E-state index is 0.0232. The van der Waals surface area contributed by atoms with E-state index in [-0.39, 0.29) is 18.4 Å². The molecule has 0 N–H and O–H groups in total. The summed E-state index contributed by atoms with van der Waals surface area (Å²) in [5.41, 5.74) is -0.704. The lowest BCUT2D eigenvalue weighted by Gasteiger charge is -2.43.